The number of carbonyl (C=O) groups excluding carboxylic acids is 1. The highest BCUT2D eigenvalue weighted by atomic mass is 32.2. The van der Waals surface area contributed by atoms with Gasteiger partial charge >= 0.3 is 0 Å². The van der Waals surface area contributed by atoms with Crippen LogP contribution >= 0.6 is 0 Å². The van der Waals surface area contributed by atoms with Crippen molar-refractivity contribution in [3.05, 3.63) is 126 Å². The molecule has 1 aliphatic heterocycles. The summed E-state index contributed by atoms with van der Waals surface area (Å²) in [5.41, 5.74) is 1.13. The minimum atomic E-state index is -4.20. The highest BCUT2D eigenvalue weighted by molar-refractivity contribution is 7.93. The Balaban J connectivity index is 1.66. The molecule has 0 saturated carbocycles. The molecular weight excluding hydrogens is 470 g/mol. The van der Waals surface area contributed by atoms with Crippen LogP contribution in [0.4, 0.5) is 5.69 Å². The fourth-order valence-electron chi connectivity index (χ4n) is 4.83. The molecule has 5 nitrogen and oxygen atoms in total. The summed E-state index contributed by atoms with van der Waals surface area (Å²) in [6.07, 6.45) is 1.92. The SMILES string of the molecule is CCCCOc1ccc(S(=O)(=O)N2C(=O)C(c3ccccc3)(c3ccccc3)c3ccccc32)cc1. The number of amides is 1. The molecule has 0 unspecified atom stereocenters. The second-order valence-corrected chi connectivity index (χ2v) is 10.5. The van der Waals surface area contributed by atoms with Gasteiger partial charge in [0.2, 0.25) is 0 Å². The number of sulfonamides is 1. The summed E-state index contributed by atoms with van der Waals surface area (Å²) in [5.74, 6) is 0.0721. The van der Waals surface area contributed by atoms with Crippen molar-refractivity contribution in [2.45, 2.75) is 30.1 Å². The fourth-order valence-corrected chi connectivity index (χ4v) is 6.30. The van der Waals surface area contributed by atoms with Crippen molar-refractivity contribution in [1.29, 1.82) is 0 Å². The summed E-state index contributed by atoms with van der Waals surface area (Å²) < 4.78 is 34.6. The van der Waals surface area contributed by atoms with Crippen LogP contribution < -0.4 is 9.04 Å². The molecule has 0 saturated heterocycles. The van der Waals surface area contributed by atoms with Gasteiger partial charge in [0.15, 0.2) is 0 Å². The van der Waals surface area contributed by atoms with E-state index in [0.717, 1.165) is 17.1 Å². The zero-order valence-corrected chi connectivity index (χ0v) is 20.8. The third kappa shape index (κ3) is 3.78. The van der Waals surface area contributed by atoms with Crippen LogP contribution in [0.15, 0.2) is 114 Å². The maximum absolute atomic E-state index is 14.5. The Labute approximate surface area is 212 Å². The van der Waals surface area contributed by atoms with E-state index in [4.69, 9.17) is 4.74 Å². The number of para-hydroxylation sites is 1. The first-order valence-corrected chi connectivity index (χ1v) is 13.5. The number of hydrogen-bond acceptors (Lipinski definition) is 4. The predicted molar refractivity (Wildman–Crippen MR) is 141 cm³/mol. The zero-order chi connectivity index (χ0) is 25.2. The third-order valence-corrected chi connectivity index (χ3v) is 8.29. The maximum Gasteiger partial charge on any atom is 0.270 e. The molecule has 0 aliphatic carbocycles. The predicted octanol–water partition coefficient (Wildman–Crippen LogP) is 5.94. The molecule has 1 heterocycles. The average Bonchev–Trinajstić information content (AvgIpc) is 3.19. The van der Waals surface area contributed by atoms with Crippen molar-refractivity contribution < 1.29 is 17.9 Å². The summed E-state index contributed by atoms with van der Waals surface area (Å²) in [7, 11) is -4.20. The highest BCUT2D eigenvalue weighted by Gasteiger charge is 2.56. The zero-order valence-electron chi connectivity index (χ0n) is 20.0. The van der Waals surface area contributed by atoms with Gasteiger partial charge in [0.05, 0.1) is 17.2 Å². The van der Waals surface area contributed by atoms with Crippen molar-refractivity contribution >= 4 is 21.6 Å². The van der Waals surface area contributed by atoms with Gasteiger partial charge in [-0.15, -0.1) is 0 Å². The van der Waals surface area contributed by atoms with Crippen LogP contribution in [-0.4, -0.2) is 20.9 Å². The lowest BCUT2D eigenvalue weighted by Gasteiger charge is -2.30. The van der Waals surface area contributed by atoms with Crippen LogP contribution in [0.1, 0.15) is 36.5 Å². The number of unbranched alkanes of at least 4 members (excludes halogenated alkanes) is 1. The number of hydrogen-bond donors (Lipinski definition) is 0. The molecule has 4 aromatic rings. The highest BCUT2D eigenvalue weighted by Crippen LogP contribution is 2.51. The average molecular weight is 498 g/mol. The smallest absolute Gasteiger partial charge is 0.270 e. The Morgan fingerprint density at radius 1 is 0.750 bits per heavy atom. The topological polar surface area (TPSA) is 63.7 Å². The van der Waals surface area contributed by atoms with E-state index in [9.17, 15) is 13.2 Å². The number of benzene rings is 4. The minimum absolute atomic E-state index is 0.0328. The Morgan fingerprint density at radius 2 is 1.31 bits per heavy atom. The molecule has 182 valence electrons. The van der Waals surface area contributed by atoms with E-state index in [-0.39, 0.29) is 4.90 Å². The number of anilines is 1. The lowest BCUT2D eigenvalue weighted by molar-refractivity contribution is -0.119. The van der Waals surface area contributed by atoms with E-state index < -0.39 is 21.3 Å². The fraction of sp³-hybridized carbons (Fsp3) is 0.167. The van der Waals surface area contributed by atoms with Gasteiger partial charge in [0, 0.05) is 5.56 Å². The third-order valence-electron chi connectivity index (χ3n) is 6.57. The van der Waals surface area contributed by atoms with Crippen LogP contribution in [0.2, 0.25) is 0 Å². The summed E-state index contributed by atoms with van der Waals surface area (Å²) in [6.45, 7) is 2.64. The van der Waals surface area contributed by atoms with E-state index in [1.54, 1.807) is 24.3 Å². The molecule has 6 heteroatoms. The lowest BCUT2D eigenvalue weighted by Crippen LogP contribution is -2.44. The van der Waals surface area contributed by atoms with Crippen molar-refractivity contribution in [3.8, 4) is 5.75 Å². The van der Waals surface area contributed by atoms with Crippen LogP contribution in [0, 0.1) is 0 Å². The normalized spacial score (nSPS) is 14.5. The molecule has 0 spiro atoms. The first-order chi connectivity index (χ1) is 17.5. The van der Waals surface area contributed by atoms with Gasteiger partial charge in [-0.3, -0.25) is 4.79 Å². The van der Waals surface area contributed by atoms with Crippen molar-refractivity contribution in [1.82, 2.24) is 0 Å². The van der Waals surface area contributed by atoms with E-state index in [0.29, 0.717) is 34.7 Å². The Hall–Kier alpha value is -3.90. The van der Waals surface area contributed by atoms with E-state index >= 15 is 0 Å². The molecule has 1 aliphatic rings. The second kappa shape index (κ2) is 9.63. The minimum Gasteiger partial charge on any atom is -0.494 e. The number of carbonyl (C=O) groups is 1. The number of nitrogens with zero attached hydrogens (tertiary/aromatic N) is 1. The summed E-state index contributed by atoms with van der Waals surface area (Å²) >= 11 is 0. The molecule has 36 heavy (non-hydrogen) atoms. The first-order valence-electron chi connectivity index (χ1n) is 12.0. The van der Waals surface area contributed by atoms with Crippen LogP contribution in [0.5, 0.6) is 5.75 Å². The molecule has 0 atom stereocenters. The second-order valence-electron chi connectivity index (χ2n) is 8.75. The maximum atomic E-state index is 14.5. The molecular formula is C30H27NO4S. The van der Waals surface area contributed by atoms with Crippen LogP contribution in [0.3, 0.4) is 0 Å². The summed E-state index contributed by atoms with van der Waals surface area (Å²) in [6, 6.07) is 32.1. The standard InChI is InChI=1S/C30H27NO4S/c1-2-3-22-35-25-18-20-26(21-19-25)36(33,34)31-28-17-11-10-16-27(28)30(29(31)32,23-12-6-4-7-13-23)24-14-8-5-9-15-24/h4-21H,2-3,22H2,1H3. The van der Waals surface area contributed by atoms with Gasteiger partial charge in [0.1, 0.15) is 11.2 Å². The quantitative estimate of drug-likeness (QED) is 0.283. The van der Waals surface area contributed by atoms with Gasteiger partial charge in [-0.25, -0.2) is 12.7 Å². The molecule has 0 radical (unpaired) electrons. The largest absolute Gasteiger partial charge is 0.494 e. The van der Waals surface area contributed by atoms with E-state index in [1.807, 2.05) is 72.8 Å². The number of fused-ring (bicyclic) bond motifs is 1. The first kappa shape index (κ1) is 23.8. The van der Waals surface area contributed by atoms with Crippen LogP contribution in [-0.2, 0) is 20.2 Å². The van der Waals surface area contributed by atoms with Crippen LogP contribution in [0.25, 0.3) is 0 Å². The molecule has 4 aromatic carbocycles. The van der Waals surface area contributed by atoms with Crippen molar-refractivity contribution in [2.24, 2.45) is 0 Å². The molecule has 5 rings (SSSR count). The van der Waals surface area contributed by atoms with Crippen molar-refractivity contribution in [2.75, 3.05) is 10.9 Å². The Kier molecular flexibility index (Phi) is 6.37. The van der Waals surface area contributed by atoms with E-state index in [2.05, 4.69) is 6.92 Å². The molecule has 0 bridgehead atoms. The van der Waals surface area contributed by atoms with Gasteiger partial charge < -0.3 is 4.74 Å². The monoisotopic (exact) mass is 497 g/mol. The summed E-state index contributed by atoms with van der Waals surface area (Å²) in [5, 5.41) is 0. The van der Waals surface area contributed by atoms with Crippen molar-refractivity contribution in [3.63, 3.8) is 0 Å². The molecule has 0 fully saturated rings. The number of ether oxygens (including phenoxy) is 1. The lowest BCUT2D eigenvalue weighted by atomic mass is 9.70. The van der Waals surface area contributed by atoms with Gasteiger partial charge in [-0.05, 0) is 47.9 Å². The Morgan fingerprint density at radius 3 is 1.89 bits per heavy atom. The number of rotatable bonds is 8. The van der Waals surface area contributed by atoms with E-state index in [1.165, 1.54) is 12.1 Å². The van der Waals surface area contributed by atoms with Gasteiger partial charge in [-0.1, -0.05) is 92.2 Å². The van der Waals surface area contributed by atoms with Gasteiger partial charge in [-0.2, -0.15) is 0 Å². The molecule has 1 amide bonds. The molecule has 0 aromatic heterocycles. The Bertz CT molecular complexity index is 1430. The summed E-state index contributed by atoms with van der Waals surface area (Å²) in [4.78, 5) is 14.5. The molecule has 0 N–H and O–H groups in total. The van der Waals surface area contributed by atoms with Gasteiger partial charge in [0.25, 0.3) is 15.9 Å².